The summed E-state index contributed by atoms with van der Waals surface area (Å²) in [5.74, 6) is 1.64. The Labute approximate surface area is 227 Å². The average molecular weight is 527 g/mol. The van der Waals surface area contributed by atoms with E-state index in [1.165, 1.54) is 12.7 Å². The number of rotatable bonds is 8. The fourth-order valence-electron chi connectivity index (χ4n) is 5.53. The number of carbonyl (C=O) groups excluding carboxylic acids is 1. The number of nitrogens with zero attached hydrogens (tertiary/aromatic N) is 4. The van der Waals surface area contributed by atoms with Gasteiger partial charge in [0.2, 0.25) is 0 Å². The molecule has 1 aliphatic heterocycles. The Morgan fingerprint density at radius 2 is 1.85 bits per heavy atom. The molecule has 3 N–H and O–H groups in total. The molecular weight excluding hydrogens is 492 g/mol. The number of benzene rings is 2. The van der Waals surface area contributed by atoms with Crippen molar-refractivity contribution in [2.75, 3.05) is 25.4 Å². The summed E-state index contributed by atoms with van der Waals surface area (Å²) in [6.45, 7) is 2.73. The fraction of sp³-hybridized carbons (Fsp3) is 0.367. The van der Waals surface area contributed by atoms with Crippen LogP contribution in [0, 0.1) is 5.92 Å². The van der Waals surface area contributed by atoms with Gasteiger partial charge in [-0.3, -0.25) is 0 Å². The summed E-state index contributed by atoms with van der Waals surface area (Å²) in [7, 11) is 0. The molecule has 0 radical (unpaired) electrons. The molecule has 0 spiro atoms. The Morgan fingerprint density at radius 3 is 2.67 bits per heavy atom. The van der Waals surface area contributed by atoms with E-state index in [-0.39, 0.29) is 12.1 Å². The van der Waals surface area contributed by atoms with Gasteiger partial charge in [0.25, 0.3) is 0 Å². The van der Waals surface area contributed by atoms with Crippen molar-refractivity contribution in [1.82, 2.24) is 24.9 Å². The minimum absolute atomic E-state index is 0.276. The Kier molecular flexibility index (Phi) is 7.31. The summed E-state index contributed by atoms with van der Waals surface area (Å²) >= 11 is 0. The topological polar surface area (TPSA) is 108 Å². The summed E-state index contributed by atoms with van der Waals surface area (Å²) in [5, 5.41) is 5.56. The quantitative estimate of drug-likeness (QED) is 0.319. The van der Waals surface area contributed by atoms with Gasteiger partial charge >= 0.3 is 6.09 Å². The number of hydroxylamine groups is 2. The first-order valence-corrected chi connectivity index (χ1v) is 13.7. The van der Waals surface area contributed by atoms with E-state index in [1.807, 2.05) is 36.4 Å². The average Bonchev–Trinajstić information content (AvgIpc) is 3.33. The van der Waals surface area contributed by atoms with Crippen LogP contribution in [0.25, 0.3) is 22.2 Å². The highest BCUT2D eigenvalue weighted by Crippen LogP contribution is 2.43. The molecule has 1 saturated heterocycles. The third kappa shape index (κ3) is 5.68. The van der Waals surface area contributed by atoms with Crippen LogP contribution in [0.15, 0.2) is 67.1 Å². The second kappa shape index (κ2) is 11.3. The van der Waals surface area contributed by atoms with Crippen LogP contribution >= 0.6 is 0 Å². The van der Waals surface area contributed by atoms with E-state index in [0.29, 0.717) is 24.9 Å². The number of aromatic nitrogens is 3. The van der Waals surface area contributed by atoms with Crippen LogP contribution in [0.2, 0.25) is 0 Å². The van der Waals surface area contributed by atoms with Gasteiger partial charge in [0, 0.05) is 37.4 Å². The number of fused-ring (bicyclic) bond motifs is 1. The molecule has 1 saturated carbocycles. The number of anilines is 1. The standard InChI is InChI=1S/C30H34N6O3/c31-28-27-26(23-10-7-11-25(16-23)38-19-21-8-3-1-4-9-21)18-36(29(27)34-20-33-28)24-14-22(15-24)17-32-30(37)39-35-12-5-2-6-13-35/h1,3-4,7-11,16,18,20,22,24H,2,5-6,12-15,17,19H2,(H,32,37)(H2,31,33,34)/t22-,24-. The smallest absolute Gasteiger partial charge is 0.426 e. The maximum absolute atomic E-state index is 12.2. The van der Waals surface area contributed by atoms with Crippen LogP contribution in [0.5, 0.6) is 5.75 Å². The second-order valence-corrected chi connectivity index (χ2v) is 10.5. The fourth-order valence-corrected chi connectivity index (χ4v) is 5.53. The van der Waals surface area contributed by atoms with E-state index < -0.39 is 0 Å². The van der Waals surface area contributed by atoms with Gasteiger partial charge in [-0.1, -0.05) is 48.9 Å². The van der Waals surface area contributed by atoms with Crippen LogP contribution in [0.1, 0.15) is 43.7 Å². The van der Waals surface area contributed by atoms with Crippen molar-refractivity contribution in [2.24, 2.45) is 5.92 Å². The molecule has 4 aromatic rings. The summed E-state index contributed by atoms with van der Waals surface area (Å²) < 4.78 is 8.29. The van der Waals surface area contributed by atoms with Gasteiger partial charge in [-0.25, -0.2) is 14.8 Å². The number of hydrogen-bond donors (Lipinski definition) is 2. The van der Waals surface area contributed by atoms with Gasteiger partial charge in [0.05, 0.1) is 5.39 Å². The number of amides is 1. The van der Waals surface area contributed by atoms with Crippen molar-refractivity contribution in [3.63, 3.8) is 0 Å². The highest BCUT2D eigenvalue weighted by atomic mass is 16.7. The van der Waals surface area contributed by atoms with E-state index in [4.69, 9.17) is 15.3 Å². The van der Waals surface area contributed by atoms with Crippen molar-refractivity contribution in [3.8, 4) is 16.9 Å². The van der Waals surface area contributed by atoms with Gasteiger partial charge in [-0.15, -0.1) is 5.06 Å². The number of hydrogen-bond acceptors (Lipinski definition) is 7. The zero-order chi connectivity index (χ0) is 26.6. The van der Waals surface area contributed by atoms with Gasteiger partial charge in [-0.2, -0.15) is 0 Å². The van der Waals surface area contributed by atoms with Crippen LogP contribution in [0.3, 0.4) is 0 Å². The van der Waals surface area contributed by atoms with Gasteiger partial charge in [0.15, 0.2) is 0 Å². The first kappa shape index (κ1) is 25.2. The van der Waals surface area contributed by atoms with Crippen molar-refractivity contribution >= 4 is 22.9 Å². The SMILES string of the molecule is Nc1ncnc2c1c(-c1cccc(OCc3ccccc3)c1)cn2[C@H]1C[C@H](CNC(=O)ON2CCCCC2)C1. The molecule has 2 aromatic carbocycles. The molecule has 3 heterocycles. The minimum Gasteiger partial charge on any atom is -0.489 e. The molecule has 1 aliphatic carbocycles. The largest absolute Gasteiger partial charge is 0.489 e. The third-order valence-corrected chi connectivity index (χ3v) is 7.70. The number of ether oxygens (including phenoxy) is 1. The van der Waals surface area contributed by atoms with E-state index in [2.05, 4.69) is 44.2 Å². The number of nitrogens with two attached hydrogens (primary N) is 1. The highest BCUT2D eigenvalue weighted by molar-refractivity contribution is 6.00. The molecule has 6 rings (SSSR count). The Bertz CT molecular complexity index is 1430. The minimum atomic E-state index is -0.357. The van der Waals surface area contributed by atoms with Crippen LogP contribution in [0.4, 0.5) is 10.6 Å². The predicted octanol–water partition coefficient (Wildman–Crippen LogP) is 5.34. The van der Waals surface area contributed by atoms with E-state index in [9.17, 15) is 4.79 Å². The molecule has 202 valence electrons. The van der Waals surface area contributed by atoms with Crippen LogP contribution in [-0.2, 0) is 11.4 Å². The lowest BCUT2D eigenvalue weighted by atomic mass is 9.80. The Morgan fingerprint density at radius 1 is 1.03 bits per heavy atom. The Hall–Kier alpha value is -4.11. The molecule has 2 fully saturated rings. The van der Waals surface area contributed by atoms with Crippen molar-refractivity contribution in [2.45, 2.75) is 44.8 Å². The molecular formula is C30H34N6O3. The number of piperidine rings is 1. The maximum atomic E-state index is 12.2. The van der Waals surface area contributed by atoms with E-state index in [1.54, 1.807) is 5.06 Å². The van der Waals surface area contributed by atoms with Gasteiger partial charge in [0.1, 0.15) is 30.1 Å². The highest BCUT2D eigenvalue weighted by Gasteiger charge is 2.33. The zero-order valence-corrected chi connectivity index (χ0v) is 22.0. The molecule has 0 unspecified atom stereocenters. The Balaban J connectivity index is 1.13. The summed E-state index contributed by atoms with van der Waals surface area (Å²) in [6.07, 6.45) is 8.52. The first-order valence-electron chi connectivity index (χ1n) is 13.7. The molecule has 9 nitrogen and oxygen atoms in total. The summed E-state index contributed by atoms with van der Waals surface area (Å²) in [4.78, 5) is 26.5. The molecule has 9 heteroatoms. The zero-order valence-electron chi connectivity index (χ0n) is 22.0. The molecule has 0 atom stereocenters. The van der Waals surface area contributed by atoms with Gasteiger partial charge in [-0.05, 0) is 54.9 Å². The predicted molar refractivity (Wildman–Crippen MR) is 150 cm³/mol. The summed E-state index contributed by atoms with van der Waals surface area (Å²) in [5.41, 5.74) is 10.3. The van der Waals surface area contributed by atoms with E-state index >= 15 is 0 Å². The van der Waals surface area contributed by atoms with Gasteiger partial charge < -0.3 is 25.2 Å². The lowest BCUT2D eigenvalue weighted by molar-refractivity contribution is -0.111. The maximum Gasteiger partial charge on any atom is 0.426 e. The van der Waals surface area contributed by atoms with Crippen LogP contribution < -0.4 is 15.8 Å². The van der Waals surface area contributed by atoms with Crippen molar-refractivity contribution in [3.05, 3.63) is 72.7 Å². The number of nitrogens with one attached hydrogen (secondary N) is 1. The molecule has 0 bridgehead atoms. The first-order chi connectivity index (χ1) is 19.1. The molecule has 39 heavy (non-hydrogen) atoms. The lowest BCUT2D eigenvalue weighted by Crippen LogP contribution is -2.41. The second-order valence-electron chi connectivity index (χ2n) is 10.5. The molecule has 2 aliphatic rings. The molecule has 1 amide bonds. The summed E-state index contributed by atoms with van der Waals surface area (Å²) in [6, 6.07) is 18.4. The third-order valence-electron chi connectivity index (χ3n) is 7.70. The van der Waals surface area contributed by atoms with E-state index in [0.717, 1.165) is 72.2 Å². The number of nitrogen functional groups attached to an aromatic ring is 1. The molecule has 2 aromatic heterocycles. The van der Waals surface area contributed by atoms with Crippen molar-refractivity contribution < 1.29 is 14.4 Å². The number of carbonyl (C=O) groups is 1. The monoisotopic (exact) mass is 526 g/mol. The van der Waals surface area contributed by atoms with Crippen LogP contribution in [-0.4, -0.2) is 45.3 Å². The normalized spacial score (nSPS) is 19.4. The lowest BCUT2D eigenvalue weighted by Gasteiger charge is -2.36. The van der Waals surface area contributed by atoms with Crippen molar-refractivity contribution in [1.29, 1.82) is 0 Å².